The highest BCUT2D eigenvalue weighted by Crippen LogP contribution is 2.40. The lowest BCUT2D eigenvalue weighted by atomic mass is 10.2. The molecule has 1 saturated carbocycles. The van der Waals surface area contributed by atoms with Gasteiger partial charge in [0.15, 0.2) is 5.16 Å². The van der Waals surface area contributed by atoms with Crippen molar-refractivity contribution in [3.63, 3.8) is 0 Å². The van der Waals surface area contributed by atoms with E-state index in [-0.39, 0.29) is 5.91 Å². The molecule has 1 aromatic heterocycles. The van der Waals surface area contributed by atoms with E-state index in [0.717, 1.165) is 50.2 Å². The minimum atomic E-state index is 0.187. The van der Waals surface area contributed by atoms with E-state index >= 15 is 0 Å². The number of hydrogen-bond acceptors (Lipinski definition) is 5. The number of carbonyl (C=O) groups is 1. The molecule has 0 spiro atoms. The molecule has 2 fully saturated rings. The number of carbonyl (C=O) groups excluding carboxylic acids is 1. The van der Waals surface area contributed by atoms with Crippen molar-refractivity contribution in [1.82, 2.24) is 24.6 Å². The number of piperazine rings is 1. The third-order valence-electron chi connectivity index (χ3n) is 6.39. The van der Waals surface area contributed by atoms with Gasteiger partial charge in [0.2, 0.25) is 5.91 Å². The first kappa shape index (κ1) is 22.9. The fourth-order valence-corrected chi connectivity index (χ4v) is 5.11. The Morgan fingerprint density at radius 1 is 0.941 bits per heavy atom. The van der Waals surface area contributed by atoms with Crippen molar-refractivity contribution in [1.29, 1.82) is 0 Å². The van der Waals surface area contributed by atoms with Crippen molar-refractivity contribution in [3.8, 4) is 0 Å². The summed E-state index contributed by atoms with van der Waals surface area (Å²) in [5.74, 6) is 2.18. The molecule has 0 unspecified atom stereocenters. The maximum atomic E-state index is 12.9. The predicted molar refractivity (Wildman–Crippen MR) is 137 cm³/mol. The van der Waals surface area contributed by atoms with Crippen molar-refractivity contribution in [2.24, 2.45) is 0 Å². The summed E-state index contributed by atoms with van der Waals surface area (Å²) in [4.78, 5) is 17.3. The van der Waals surface area contributed by atoms with Crippen LogP contribution in [0.15, 0.2) is 71.9 Å². The molecule has 1 aliphatic carbocycles. The summed E-state index contributed by atoms with van der Waals surface area (Å²) in [5.41, 5.74) is 2.45. The Balaban J connectivity index is 1.12. The number of benzene rings is 2. The molecule has 176 valence electrons. The van der Waals surface area contributed by atoms with Crippen LogP contribution in [0, 0.1) is 0 Å². The van der Waals surface area contributed by atoms with Crippen molar-refractivity contribution < 1.29 is 4.79 Å². The van der Waals surface area contributed by atoms with Crippen LogP contribution in [-0.2, 0) is 11.3 Å². The Bertz CT molecular complexity index is 1100. The third kappa shape index (κ3) is 5.96. The summed E-state index contributed by atoms with van der Waals surface area (Å²) in [6, 6.07) is 20.8. The van der Waals surface area contributed by atoms with Gasteiger partial charge in [0.05, 0.1) is 12.3 Å². The largest absolute Gasteiger partial charge is 0.339 e. The van der Waals surface area contributed by atoms with Gasteiger partial charge in [0, 0.05) is 38.6 Å². The molecule has 0 radical (unpaired) electrons. The van der Waals surface area contributed by atoms with Gasteiger partial charge in [-0.3, -0.25) is 9.69 Å². The Morgan fingerprint density at radius 3 is 2.35 bits per heavy atom. The van der Waals surface area contributed by atoms with Gasteiger partial charge in [-0.25, -0.2) is 0 Å². The van der Waals surface area contributed by atoms with E-state index in [9.17, 15) is 4.79 Å². The number of nitrogens with zero attached hydrogens (tertiary/aromatic N) is 5. The summed E-state index contributed by atoms with van der Waals surface area (Å²) in [7, 11) is 0. The highest BCUT2D eigenvalue weighted by molar-refractivity contribution is 7.99. The summed E-state index contributed by atoms with van der Waals surface area (Å²) >= 11 is 1.52. The number of aromatic nitrogens is 3. The molecule has 6 nitrogen and oxygen atoms in total. The second-order valence-electron chi connectivity index (χ2n) is 8.97. The molecule has 5 rings (SSSR count). The van der Waals surface area contributed by atoms with Crippen LogP contribution in [-0.4, -0.2) is 68.9 Å². The average molecular weight is 474 g/mol. The molecular formula is C27H31N5OS. The summed E-state index contributed by atoms with van der Waals surface area (Å²) in [6.45, 7) is 5.05. The lowest BCUT2D eigenvalue weighted by molar-refractivity contribution is -0.130. The van der Waals surface area contributed by atoms with E-state index in [0.29, 0.717) is 11.7 Å². The van der Waals surface area contributed by atoms with Crippen LogP contribution in [0.5, 0.6) is 0 Å². The first-order chi connectivity index (χ1) is 16.8. The summed E-state index contributed by atoms with van der Waals surface area (Å²) in [6.07, 6.45) is 6.73. The topological polar surface area (TPSA) is 54.3 Å². The van der Waals surface area contributed by atoms with E-state index in [4.69, 9.17) is 0 Å². The maximum Gasteiger partial charge on any atom is 0.233 e. The van der Waals surface area contributed by atoms with Gasteiger partial charge in [0.25, 0.3) is 0 Å². The molecule has 0 atom stereocenters. The Morgan fingerprint density at radius 2 is 1.65 bits per heavy atom. The SMILES string of the molecule is O=C(CSc1nnc(C2CC2)n1Cc1ccccc1)N1CCN(CC=Cc2ccccc2)CC1. The van der Waals surface area contributed by atoms with Gasteiger partial charge >= 0.3 is 0 Å². The lowest BCUT2D eigenvalue weighted by Gasteiger charge is -2.34. The van der Waals surface area contributed by atoms with Crippen molar-refractivity contribution >= 4 is 23.7 Å². The van der Waals surface area contributed by atoms with E-state index in [1.165, 1.54) is 35.7 Å². The Hall–Kier alpha value is -2.90. The summed E-state index contributed by atoms with van der Waals surface area (Å²) < 4.78 is 2.21. The highest BCUT2D eigenvalue weighted by atomic mass is 32.2. The average Bonchev–Trinajstić information content (AvgIpc) is 3.65. The van der Waals surface area contributed by atoms with Crippen molar-refractivity contribution in [2.45, 2.75) is 30.5 Å². The number of rotatable bonds is 9. The fourth-order valence-electron chi connectivity index (χ4n) is 4.26. The van der Waals surface area contributed by atoms with Gasteiger partial charge in [0.1, 0.15) is 5.82 Å². The zero-order valence-corrected chi connectivity index (χ0v) is 20.2. The number of thioether (sulfide) groups is 1. The molecule has 0 bridgehead atoms. The smallest absolute Gasteiger partial charge is 0.233 e. The molecule has 0 N–H and O–H groups in total. The van der Waals surface area contributed by atoms with E-state index < -0.39 is 0 Å². The lowest BCUT2D eigenvalue weighted by Crippen LogP contribution is -2.49. The van der Waals surface area contributed by atoms with E-state index in [1.54, 1.807) is 0 Å². The van der Waals surface area contributed by atoms with Crippen LogP contribution in [0.1, 0.15) is 35.7 Å². The molecule has 1 saturated heterocycles. The van der Waals surface area contributed by atoms with Crippen LogP contribution in [0.2, 0.25) is 0 Å². The molecule has 34 heavy (non-hydrogen) atoms. The van der Waals surface area contributed by atoms with E-state index in [1.807, 2.05) is 17.0 Å². The minimum Gasteiger partial charge on any atom is -0.339 e. The van der Waals surface area contributed by atoms with Gasteiger partial charge in [-0.15, -0.1) is 10.2 Å². The second-order valence-corrected chi connectivity index (χ2v) is 9.91. The predicted octanol–water partition coefficient (Wildman–Crippen LogP) is 4.15. The summed E-state index contributed by atoms with van der Waals surface area (Å²) in [5, 5.41) is 9.78. The van der Waals surface area contributed by atoms with Crippen LogP contribution in [0.4, 0.5) is 0 Å². The van der Waals surface area contributed by atoms with Crippen LogP contribution >= 0.6 is 11.8 Å². The quantitative estimate of drug-likeness (QED) is 0.437. The first-order valence-corrected chi connectivity index (χ1v) is 13.1. The second kappa shape index (κ2) is 11.0. The normalized spacial score (nSPS) is 16.9. The molecular weight excluding hydrogens is 442 g/mol. The first-order valence-electron chi connectivity index (χ1n) is 12.1. The van der Waals surface area contributed by atoms with E-state index in [2.05, 4.69) is 80.3 Å². The zero-order chi connectivity index (χ0) is 23.2. The molecule has 1 aliphatic heterocycles. The van der Waals surface area contributed by atoms with Crippen molar-refractivity contribution in [3.05, 3.63) is 83.7 Å². The van der Waals surface area contributed by atoms with Crippen LogP contribution < -0.4 is 0 Å². The molecule has 2 heterocycles. The molecule has 7 heteroatoms. The molecule has 3 aromatic rings. The molecule has 2 aliphatic rings. The van der Waals surface area contributed by atoms with Crippen LogP contribution in [0.25, 0.3) is 6.08 Å². The van der Waals surface area contributed by atoms with Gasteiger partial charge < -0.3 is 9.47 Å². The Kier molecular flexibility index (Phi) is 7.41. The fraction of sp³-hybridized carbons (Fsp3) is 0.370. The van der Waals surface area contributed by atoms with Crippen LogP contribution in [0.3, 0.4) is 0 Å². The minimum absolute atomic E-state index is 0.187. The van der Waals surface area contributed by atoms with Gasteiger partial charge in [-0.2, -0.15) is 0 Å². The highest BCUT2D eigenvalue weighted by Gasteiger charge is 2.31. The monoisotopic (exact) mass is 473 g/mol. The number of amides is 1. The van der Waals surface area contributed by atoms with Gasteiger partial charge in [-0.05, 0) is 24.0 Å². The number of hydrogen-bond donors (Lipinski definition) is 0. The molecule has 1 amide bonds. The Labute approximate surface area is 205 Å². The van der Waals surface area contributed by atoms with Crippen molar-refractivity contribution in [2.75, 3.05) is 38.5 Å². The maximum absolute atomic E-state index is 12.9. The standard InChI is InChI=1S/C27H31N5OS/c33-25(31-18-16-30(17-19-31)15-7-12-22-8-3-1-4-9-22)21-34-27-29-28-26(24-13-14-24)32(27)20-23-10-5-2-6-11-23/h1-12,24H,13-21H2. The third-order valence-corrected chi connectivity index (χ3v) is 7.35. The van der Waals surface area contributed by atoms with Gasteiger partial charge in [-0.1, -0.05) is 84.6 Å². The zero-order valence-electron chi connectivity index (χ0n) is 19.4. The molecule has 2 aromatic carbocycles.